The molecule has 1 aliphatic carbocycles. The topological polar surface area (TPSA) is 41.5 Å². The lowest BCUT2D eigenvalue weighted by Gasteiger charge is -2.22. The van der Waals surface area contributed by atoms with Gasteiger partial charge in [-0.2, -0.15) is 0 Å². The zero-order chi connectivity index (χ0) is 11.9. The van der Waals surface area contributed by atoms with E-state index in [0.717, 1.165) is 45.4 Å². The molecule has 0 radical (unpaired) electrons. The highest BCUT2D eigenvalue weighted by molar-refractivity contribution is 4.85. The predicted molar refractivity (Wildman–Crippen MR) is 66.6 cm³/mol. The van der Waals surface area contributed by atoms with Crippen molar-refractivity contribution in [2.45, 2.75) is 64.1 Å². The van der Waals surface area contributed by atoms with Crippen molar-refractivity contribution in [3.05, 3.63) is 0 Å². The van der Waals surface area contributed by atoms with Crippen molar-refractivity contribution in [3.63, 3.8) is 0 Å². The van der Waals surface area contributed by atoms with Gasteiger partial charge in [0, 0.05) is 13.2 Å². The van der Waals surface area contributed by atoms with Gasteiger partial charge in [-0.15, -0.1) is 0 Å². The van der Waals surface area contributed by atoms with E-state index in [9.17, 15) is 5.11 Å². The molecule has 2 N–H and O–H groups in total. The highest BCUT2D eigenvalue weighted by Gasteiger charge is 2.30. The van der Waals surface area contributed by atoms with E-state index >= 15 is 0 Å². The van der Waals surface area contributed by atoms with Gasteiger partial charge in [0.1, 0.15) is 0 Å². The fourth-order valence-electron chi connectivity index (χ4n) is 2.20. The summed E-state index contributed by atoms with van der Waals surface area (Å²) in [4.78, 5) is 0. The first-order valence-corrected chi connectivity index (χ1v) is 6.67. The van der Waals surface area contributed by atoms with Gasteiger partial charge < -0.3 is 15.2 Å². The van der Waals surface area contributed by atoms with Gasteiger partial charge in [-0.1, -0.05) is 12.8 Å². The monoisotopic (exact) mass is 229 g/mol. The lowest BCUT2D eigenvalue weighted by Crippen LogP contribution is -2.38. The van der Waals surface area contributed by atoms with E-state index in [1.807, 2.05) is 0 Å². The number of unbranched alkanes of at least 4 members (excludes halogenated alkanes) is 1. The first-order chi connectivity index (χ1) is 7.62. The van der Waals surface area contributed by atoms with Crippen molar-refractivity contribution in [1.82, 2.24) is 5.32 Å². The maximum absolute atomic E-state index is 10.1. The van der Waals surface area contributed by atoms with Crippen LogP contribution in [0.15, 0.2) is 0 Å². The molecule has 3 heteroatoms. The third-order valence-corrected chi connectivity index (χ3v) is 3.19. The summed E-state index contributed by atoms with van der Waals surface area (Å²) in [6.07, 6.45) is 6.87. The summed E-state index contributed by atoms with van der Waals surface area (Å²) in [5.74, 6) is 0. The number of ether oxygens (including phenoxy) is 1. The van der Waals surface area contributed by atoms with Crippen LogP contribution >= 0.6 is 0 Å². The quantitative estimate of drug-likeness (QED) is 0.626. The molecule has 1 aliphatic rings. The Bertz CT molecular complexity index is 177. The summed E-state index contributed by atoms with van der Waals surface area (Å²) in [6.45, 7) is 6.73. The van der Waals surface area contributed by atoms with E-state index in [0.29, 0.717) is 6.10 Å². The average Bonchev–Trinajstić information content (AvgIpc) is 2.64. The lowest BCUT2D eigenvalue weighted by molar-refractivity contribution is 0.0472. The van der Waals surface area contributed by atoms with Gasteiger partial charge in [0.25, 0.3) is 0 Å². The molecule has 96 valence electrons. The second-order valence-electron chi connectivity index (χ2n) is 5.23. The molecule has 1 fully saturated rings. The minimum Gasteiger partial charge on any atom is -0.389 e. The van der Waals surface area contributed by atoms with Crippen LogP contribution in [0.5, 0.6) is 0 Å². The maximum Gasteiger partial charge on any atom is 0.0771 e. The van der Waals surface area contributed by atoms with Gasteiger partial charge in [0.15, 0.2) is 0 Å². The second-order valence-corrected chi connectivity index (χ2v) is 5.23. The standard InChI is InChI=1S/C13H27NO2/c1-12(2)16-10-6-5-9-14-11-13(15)7-3-4-8-13/h12,14-15H,3-11H2,1-2H3. The molecule has 0 unspecified atom stereocenters. The lowest BCUT2D eigenvalue weighted by atomic mass is 10.0. The van der Waals surface area contributed by atoms with Crippen molar-refractivity contribution in [3.8, 4) is 0 Å². The molecule has 0 heterocycles. The van der Waals surface area contributed by atoms with Gasteiger partial charge in [0.05, 0.1) is 11.7 Å². The zero-order valence-electron chi connectivity index (χ0n) is 10.8. The average molecular weight is 229 g/mol. The molecular formula is C13H27NO2. The zero-order valence-corrected chi connectivity index (χ0v) is 10.8. The summed E-state index contributed by atoms with van der Waals surface area (Å²) in [5.41, 5.74) is -0.408. The van der Waals surface area contributed by atoms with Crippen molar-refractivity contribution >= 4 is 0 Å². The Labute approximate surface area is 99.6 Å². The summed E-state index contributed by atoms with van der Waals surface area (Å²) >= 11 is 0. The van der Waals surface area contributed by atoms with Crippen LogP contribution in [0.3, 0.4) is 0 Å². The summed E-state index contributed by atoms with van der Waals surface area (Å²) in [7, 11) is 0. The van der Waals surface area contributed by atoms with Crippen LogP contribution in [0.4, 0.5) is 0 Å². The van der Waals surface area contributed by atoms with E-state index < -0.39 is 5.60 Å². The number of hydrogen-bond acceptors (Lipinski definition) is 3. The SMILES string of the molecule is CC(C)OCCCCNCC1(O)CCCC1. The van der Waals surface area contributed by atoms with Crippen LogP contribution in [0.25, 0.3) is 0 Å². The Morgan fingerprint density at radius 2 is 1.94 bits per heavy atom. The summed E-state index contributed by atoms with van der Waals surface area (Å²) in [5, 5.41) is 13.4. The molecule has 0 atom stereocenters. The number of aliphatic hydroxyl groups is 1. The van der Waals surface area contributed by atoms with Crippen LogP contribution < -0.4 is 5.32 Å². The molecule has 0 saturated heterocycles. The highest BCUT2D eigenvalue weighted by atomic mass is 16.5. The van der Waals surface area contributed by atoms with Crippen LogP contribution in [0.2, 0.25) is 0 Å². The summed E-state index contributed by atoms with van der Waals surface area (Å²) < 4.78 is 5.46. The molecule has 0 spiro atoms. The third kappa shape index (κ3) is 5.83. The van der Waals surface area contributed by atoms with Crippen molar-refractivity contribution in [2.24, 2.45) is 0 Å². The summed E-state index contributed by atoms with van der Waals surface area (Å²) in [6, 6.07) is 0. The van der Waals surface area contributed by atoms with Crippen molar-refractivity contribution in [1.29, 1.82) is 0 Å². The fraction of sp³-hybridized carbons (Fsp3) is 1.00. The normalized spacial score (nSPS) is 19.5. The van der Waals surface area contributed by atoms with E-state index in [-0.39, 0.29) is 0 Å². The molecule has 0 aromatic carbocycles. The smallest absolute Gasteiger partial charge is 0.0771 e. The molecule has 0 bridgehead atoms. The van der Waals surface area contributed by atoms with Crippen LogP contribution in [0.1, 0.15) is 52.4 Å². The molecule has 0 aromatic rings. The van der Waals surface area contributed by atoms with Crippen LogP contribution in [-0.4, -0.2) is 36.5 Å². The first-order valence-electron chi connectivity index (χ1n) is 6.67. The van der Waals surface area contributed by atoms with E-state index in [4.69, 9.17) is 4.74 Å². The predicted octanol–water partition coefficient (Wildman–Crippen LogP) is 2.09. The molecule has 1 rings (SSSR count). The van der Waals surface area contributed by atoms with E-state index in [1.165, 1.54) is 12.8 Å². The second kappa shape index (κ2) is 7.25. The Kier molecular flexibility index (Phi) is 6.32. The minimum atomic E-state index is -0.408. The molecule has 0 amide bonds. The van der Waals surface area contributed by atoms with E-state index in [2.05, 4.69) is 19.2 Å². The van der Waals surface area contributed by atoms with Gasteiger partial charge in [-0.3, -0.25) is 0 Å². The van der Waals surface area contributed by atoms with Gasteiger partial charge >= 0.3 is 0 Å². The number of rotatable bonds is 8. The van der Waals surface area contributed by atoms with Gasteiger partial charge in [-0.05, 0) is 46.1 Å². The van der Waals surface area contributed by atoms with Crippen molar-refractivity contribution < 1.29 is 9.84 Å². The van der Waals surface area contributed by atoms with Gasteiger partial charge in [-0.25, -0.2) is 0 Å². The number of hydrogen-bond donors (Lipinski definition) is 2. The molecule has 0 aromatic heterocycles. The largest absolute Gasteiger partial charge is 0.389 e. The molecule has 16 heavy (non-hydrogen) atoms. The fourth-order valence-corrected chi connectivity index (χ4v) is 2.20. The Balaban J connectivity index is 1.88. The molecule has 1 saturated carbocycles. The Morgan fingerprint density at radius 1 is 1.25 bits per heavy atom. The first kappa shape index (κ1) is 13.9. The van der Waals surface area contributed by atoms with E-state index in [1.54, 1.807) is 0 Å². The van der Waals surface area contributed by atoms with Crippen molar-refractivity contribution in [2.75, 3.05) is 19.7 Å². The number of nitrogens with one attached hydrogen (secondary N) is 1. The maximum atomic E-state index is 10.1. The third-order valence-electron chi connectivity index (χ3n) is 3.19. The Hall–Kier alpha value is -0.120. The van der Waals surface area contributed by atoms with Gasteiger partial charge in [0.2, 0.25) is 0 Å². The molecular weight excluding hydrogens is 202 g/mol. The minimum absolute atomic E-state index is 0.340. The highest BCUT2D eigenvalue weighted by Crippen LogP contribution is 2.28. The van der Waals surface area contributed by atoms with Crippen LogP contribution in [-0.2, 0) is 4.74 Å². The molecule has 0 aliphatic heterocycles. The Morgan fingerprint density at radius 3 is 2.56 bits per heavy atom. The molecule has 3 nitrogen and oxygen atoms in total. The van der Waals surface area contributed by atoms with Crippen LogP contribution in [0, 0.1) is 0 Å².